The lowest BCUT2D eigenvalue weighted by atomic mass is 10.1. The highest BCUT2D eigenvalue weighted by Crippen LogP contribution is 2.31. The van der Waals surface area contributed by atoms with Crippen LogP contribution in [0.25, 0.3) is 12.2 Å². The molecule has 0 radical (unpaired) electrons. The molecule has 138 valence electrons. The van der Waals surface area contributed by atoms with Gasteiger partial charge in [0, 0.05) is 9.75 Å². The van der Waals surface area contributed by atoms with Crippen molar-refractivity contribution in [1.82, 2.24) is 0 Å². The molecule has 0 nitrogen and oxygen atoms in total. The third-order valence-corrected chi connectivity index (χ3v) is 7.15. The van der Waals surface area contributed by atoms with Gasteiger partial charge in [0.2, 0.25) is 0 Å². The molecule has 0 atom stereocenters. The number of unbranched alkanes of at least 4 members (excludes halogenated alkanes) is 6. The summed E-state index contributed by atoms with van der Waals surface area (Å²) in [5.41, 5.74) is 3.03. The Kier molecular flexibility index (Phi) is 10.1. The molecule has 0 aliphatic rings. The maximum Gasteiger partial charge on any atom is 0.0707 e. The van der Waals surface area contributed by atoms with E-state index in [0.29, 0.717) is 0 Å². The third-order valence-electron chi connectivity index (χ3n) is 4.58. The summed E-state index contributed by atoms with van der Waals surface area (Å²) in [4.78, 5) is 2.87. The van der Waals surface area contributed by atoms with Crippen molar-refractivity contribution in [3.05, 3.63) is 42.2 Å². The number of hydrogen-bond donors (Lipinski definition) is 0. The van der Waals surface area contributed by atoms with Gasteiger partial charge in [0.05, 0.1) is 3.79 Å². The monoisotopic (exact) mass is 438 g/mol. The molecule has 0 amide bonds. The summed E-state index contributed by atoms with van der Waals surface area (Å²) >= 11 is 7.42. The Labute approximate surface area is 170 Å². The molecule has 2 aromatic heterocycles. The van der Waals surface area contributed by atoms with E-state index in [-0.39, 0.29) is 0 Å². The SMILES string of the molecule is CCCCCCc1ccsc1/C=C/c1sc(Br)cc1CCCCCC. The molecule has 0 saturated heterocycles. The van der Waals surface area contributed by atoms with Crippen LogP contribution in [0.3, 0.4) is 0 Å². The normalized spacial score (nSPS) is 11.6. The Morgan fingerprint density at radius 2 is 1.48 bits per heavy atom. The van der Waals surface area contributed by atoms with Crippen LogP contribution in [0.15, 0.2) is 21.3 Å². The molecule has 25 heavy (non-hydrogen) atoms. The van der Waals surface area contributed by atoms with Crippen molar-refractivity contribution >= 4 is 50.8 Å². The average Bonchev–Trinajstić information content (AvgIpc) is 3.19. The number of halogens is 1. The van der Waals surface area contributed by atoms with E-state index in [1.807, 2.05) is 22.7 Å². The summed E-state index contributed by atoms with van der Waals surface area (Å²) in [5.74, 6) is 0. The van der Waals surface area contributed by atoms with Crippen LogP contribution < -0.4 is 0 Å². The molecule has 0 unspecified atom stereocenters. The minimum Gasteiger partial charge on any atom is -0.144 e. The Morgan fingerprint density at radius 3 is 2.16 bits per heavy atom. The van der Waals surface area contributed by atoms with E-state index < -0.39 is 0 Å². The van der Waals surface area contributed by atoms with E-state index in [9.17, 15) is 0 Å². The van der Waals surface area contributed by atoms with Gasteiger partial charge in [-0.15, -0.1) is 22.7 Å². The first-order valence-electron chi connectivity index (χ1n) is 9.77. The number of aryl methyl sites for hydroxylation is 2. The Hall–Kier alpha value is -0.380. The quantitative estimate of drug-likeness (QED) is 0.290. The molecule has 0 aliphatic carbocycles. The molecule has 0 spiro atoms. The van der Waals surface area contributed by atoms with Crippen molar-refractivity contribution in [3.63, 3.8) is 0 Å². The van der Waals surface area contributed by atoms with Gasteiger partial charge in [-0.05, 0) is 82.4 Å². The minimum atomic E-state index is 1.20. The molecule has 3 heteroatoms. The van der Waals surface area contributed by atoms with Crippen molar-refractivity contribution in [3.8, 4) is 0 Å². The third kappa shape index (κ3) is 7.40. The van der Waals surface area contributed by atoms with Gasteiger partial charge in [-0.3, -0.25) is 0 Å². The smallest absolute Gasteiger partial charge is 0.0707 e. The summed E-state index contributed by atoms with van der Waals surface area (Å²) in [6.45, 7) is 4.55. The van der Waals surface area contributed by atoms with Crippen LogP contribution in [-0.2, 0) is 12.8 Å². The molecule has 0 saturated carbocycles. The zero-order valence-electron chi connectivity index (χ0n) is 15.7. The Bertz CT molecular complexity index is 636. The topological polar surface area (TPSA) is 0 Å². The fourth-order valence-corrected chi connectivity index (χ4v) is 5.57. The lowest BCUT2D eigenvalue weighted by molar-refractivity contribution is 0.667. The fraction of sp³-hybridized carbons (Fsp3) is 0.545. The van der Waals surface area contributed by atoms with Gasteiger partial charge in [0.25, 0.3) is 0 Å². The molecule has 2 heterocycles. The second kappa shape index (κ2) is 12.1. The second-order valence-corrected chi connectivity index (χ2v) is 10.1. The summed E-state index contributed by atoms with van der Waals surface area (Å²) in [6.07, 6.45) is 17.8. The van der Waals surface area contributed by atoms with Crippen LogP contribution in [0.5, 0.6) is 0 Å². The molecular formula is C22H31BrS2. The first kappa shape index (κ1) is 20.9. The van der Waals surface area contributed by atoms with E-state index in [1.54, 1.807) is 0 Å². The summed E-state index contributed by atoms with van der Waals surface area (Å²) < 4.78 is 1.25. The minimum absolute atomic E-state index is 1.20. The Balaban J connectivity index is 1.96. The van der Waals surface area contributed by atoms with Crippen molar-refractivity contribution < 1.29 is 0 Å². The first-order valence-corrected chi connectivity index (χ1v) is 12.3. The van der Waals surface area contributed by atoms with E-state index in [4.69, 9.17) is 0 Å². The largest absolute Gasteiger partial charge is 0.144 e. The number of hydrogen-bond acceptors (Lipinski definition) is 2. The zero-order valence-corrected chi connectivity index (χ0v) is 18.9. The molecule has 0 aromatic carbocycles. The number of rotatable bonds is 12. The lowest BCUT2D eigenvalue weighted by Gasteiger charge is -2.02. The lowest BCUT2D eigenvalue weighted by Crippen LogP contribution is -1.86. The maximum atomic E-state index is 3.68. The predicted octanol–water partition coefficient (Wildman–Crippen LogP) is 8.99. The fourth-order valence-electron chi connectivity index (χ4n) is 3.08. The summed E-state index contributed by atoms with van der Waals surface area (Å²) in [7, 11) is 0. The first-order chi connectivity index (χ1) is 12.2. The summed E-state index contributed by atoms with van der Waals surface area (Å²) in [5, 5.41) is 2.24. The van der Waals surface area contributed by atoms with Crippen LogP contribution in [0.2, 0.25) is 0 Å². The van der Waals surface area contributed by atoms with Crippen LogP contribution in [0, 0.1) is 0 Å². The molecule has 0 fully saturated rings. The highest BCUT2D eigenvalue weighted by atomic mass is 79.9. The molecule has 2 aromatic rings. The van der Waals surface area contributed by atoms with Gasteiger partial charge in [-0.2, -0.15) is 0 Å². The molecule has 0 bridgehead atoms. The van der Waals surface area contributed by atoms with E-state index in [2.05, 4.69) is 59.4 Å². The van der Waals surface area contributed by atoms with Gasteiger partial charge in [-0.25, -0.2) is 0 Å². The van der Waals surface area contributed by atoms with Crippen LogP contribution in [0.4, 0.5) is 0 Å². The standard InChI is InChI=1S/C22H31BrS2/c1-3-5-7-9-11-18-15-16-24-20(18)13-14-21-19(17-22(23)25-21)12-10-8-6-4-2/h13-17H,3-12H2,1-2H3/b14-13+. The number of thiophene rings is 2. The van der Waals surface area contributed by atoms with Gasteiger partial charge in [0.15, 0.2) is 0 Å². The second-order valence-electron chi connectivity index (χ2n) is 6.70. The van der Waals surface area contributed by atoms with Crippen molar-refractivity contribution in [1.29, 1.82) is 0 Å². The summed E-state index contributed by atoms with van der Waals surface area (Å²) in [6, 6.07) is 4.63. The van der Waals surface area contributed by atoms with Gasteiger partial charge < -0.3 is 0 Å². The molecule has 0 N–H and O–H groups in total. The molecular weight excluding hydrogens is 408 g/mol. The average molecular weight is 440 g/mol. The molecule has 2 rings (SSSR count). The maximum absolute atomic E-state index is 3.68. The van der Waals surface area contributed by atoms with Crippen molar-refractivity contribution in [2.24, 2.45) is 0 Å². The zero-order chi connectivity index (χ0) is 17.9. The van der Waals surface area contributed by atoms with Gasteiger partial charge in [-0.1, -0.05) is 52.4 Å². The van der Waals surface area contributed by atoms with Crippen LogP contribution in [-0.4, -0.2) is 0 Å². The van der Waals surface area contributed by atoms with Crippen LogP contribution in [0.1, 0.15) is 86.1 Å². The highest BCUT2D eigenvalue weighted by molar-refractivity contribution is 9.11. The van der Waals surface area contributed by atoms with Crippen molar-refractivity contribution in [2.45, 2.75) is 78.1 Å². The van der Waals surface area contributed by atoms with Gasteiger partial charge >= 0.3 is 0 Å². The molecule has 0 aliphatic heterocycles. The van der Waals surface area contributed by atoms with Crippen LogP contribution >= 0.6 is 38.6 Å². The predicted molar refractivity (Wildman–Crippen MR) is 121 cm³/mol. The Morgan fingerprint density at radius 1 is 0.840 bits per heavy atom. The highest BCUT2D eigenvalue weighted by Gasteiger charge is 2.06. The van der Waals surface area contributed by atoms with Crippen molar-refractivity contribution in [2.75, 3.05) is 0 Å². The van der Waals surface area contributed by atoms with E-state index in [1.165, 1.54) is 88.9 Å². The van der Waals surface area contributed by atoms with E-state index >= 15 is 0 Å². The van der Waals surface area contributed by atoms with E-state index in [0.717, 1.165) is 0 Å². The van der Waals surface area contributed by atoms with Gasteiger partial charge in [0.1, 0.15) is 0 Å².